The van der Waals surface area contributed by atoms with Gasteiger partial charge in [-0.05, 0) is 32.2 Å². The summed E-state index contributed by atoms with van der Waals surface area (Å²) in [4.78, 5) is 11.3. The van der Waals surface area contributed by atoms with E-state index in [2.05, 4.69) is 10.6 Å². The Hall–Kier alpha value is -1.62. The number of hydrogen-bond acceptors (Lipinski definition) is 3. The lowest BCUT2D eigenvalue weighted by Gasteiger charge is -2.13. The summed E-state index contributed by atoms with van der Waals surface area (Å²) in [6.45, 7) is 2.33. The van der Waals surface area contributed by atoms with Crippen molar-refractivity contribution in [2.45, 2.75) is 13.0 Å². The fourth-order valence-electron chi connectivity index (χ4n) is 1.23. The van der Waals surface area contributed by atoms with Gasteiger partial charge in [0.25, 0.3) is 0 Å². The third-order valence-electron chi connectivity index (χ3n) is 1.87. The Balaban J connectivity index is 2.45. The van der Waals surface area contributed by atoms with Crippen LogP contribution in [0.3, 0.4) is 0 Å². The number of hydrogen-bond donors (Lipinski definition) is 2. The number of anilines is 1. The predicted octanol–water partition coefficient (Wildman–Crippen LogP) is 1.98. The normalized spacial score (nSPS) is 11.9. The van der Waals surface area contributed by atoms with Crippen LogP contribution in [0, 0.1) is 5.82 Å². The Morgan fingerprint density at radius 2 is 2.31 bits per heavy atom. The topological polar surface area (TPSA) is 50.4 Å². The Bertz CT molecular complexity index is 358. The van der Waals surface area contributed by atoms with Gasteiger partial charge in [-0.15, -0.1) is 0 Å². The number of carbonyl (C=O) groups excluding carboxylic acids is 1. The molecule has 16 heavy (non-hydrogen) atoms. The first-order valence-corrected chi connectivity index (χ1v) is 4.99. The van der Waals surface area contributed by atoms with E-state index in [0.717, 1.165) is 0 Å². The molecule has 0 aliphatic carbocycles. The number of carbonyl (C=O) groups is 1. The van der Waals surface area contributed by atoms with Crippen LogP contribution in [0.5, 0.6) is 0 Å². The van der Waals surface area contributed by atoms with Gasteiger partial charge in [0.1, 0.15) is 11.9 Å². The highest BCUT2D eigenvalue weighted by molar-refractivity contribution is 5.84. The van der Waals surface area contributed by atoms with Crippen LogP contribution < -0.4 is 10.6 Å². The molecule has 1 amide bonds. The molecule has 1 atom stereocenters. The molecule has 0 bridgehead atoms. The molecular weight excluding hydrogens is 211 g/mol. The molecule has 0 radical (unpaired) electrons. The minimum Gasteiger partial charge on any atom is -0.445 e. The van der Waals surface area contributed by atoms with Gasteiger partial charge in [0, 0.05) is 12.2 Å². The summed E-state index contributed by atoms with van der Waals surface area (Å²) >= 11 is 0. The number of likely N-dealkylation sites (N-methyl/N-ethyl adjacent to an activating group) is 1. The third-order valence-corrected chi connectivity index (χ3v) is 1.87. The molecule has 1 aromatic rings. The lowest BCUT2D eigenvalue weighted by molar-refractivity contribution is 0.121. The molecule has 88 valence electrons. The molecule has 4 nitrogen and oxygen atoms in total. The largest absolute Gasteiger partial charge is 0.445 e. The monoisotopic (exact) mass is 226 g/mol. The van der Waals surface area contributed by atoms with Crippen LogP contribution in [0.15, 0.2) is 24.3 Å². The van der Waals surface area contributed by atoms with E-state index in [1.54, 1.807) is 20.0 Å². The number of rotatable bonds is 4. The molecule has 0 spiro atoms. The zero-order chi connectivity index (χ0) is 12.0. The van der Waals surface area contributed by atoms with Crippen molar-refractivity contribution in [1.29, 1.82) is 0 Å². The summed E-state index contributed by atoms with van der Waals surface area (Å²) in [6.07, 6.45) is -0.827. The van der Waals surface area contributed by atoms with Gasteiger partial charge in [-0.1, -0.05) is 6.07 Å². The zero-order valence-electron chi connectivity index (χ0n) is 9.29. The van der Waals surface area contributed by atoms with Crippen LogP contribution >= 0.6 is 0 Å². The Kier molecular flexibility index (Phi) is 4.72. The average molecular weight is 226 g/mol. The molecule has 0 aliphatic rings. The SMILES string of the molecule is CNCC(C)OC(=O)Nc1cccc(F)c1. The first-order valence-electron chi connectivity index (χ1n) is 4.99. The van der Waals surface area contributed by atoms with Crippen molar-refractivity contribution in [3.8, 4) is 0 Å². The van der Waals surface area contributed by atoms with Gasteiger partial charge < -0.3 is 10.1 Å². The minimum atomic E-state index is -0.589. The van der Waals surface area contributed by atoms with Crippen molar-refractivity contribution in [1.82, 2.24) is 5.32 Å². The molecule has 0 fully saturated rings. The molecule has 2 N–H and O–H groups in total. The molecule has 0 aliphatic heterocycles. The van der Waals surface area contributed by atoms with Crippen LogP contribution in [-0.4, -0.2) is 25.8 Å². The highest BCUT2D eigenvalue weighted by Crippen LogP contribution is 2.09. The minimum absolute atomic E-state index is 0.237. The van der Waals surface area contributed by atoms with Gasteiger partial charge in [0.2, 0.25) is 0 Å². The summed E-state index contributed by atoms with van der Waals surface area (Å²) in [5.74, 6) is -0.402. The van der Waals surface area contributed by atoms with E-state index in [0.29, 0.717) is 12.2 Å². The van der Waals surface area contributed by atoms with E-state index in [1.807, 2.05) is 0 Å². The fraction of sp³-hybridized carbons (Fsp3) is 0.364. The van der Waals surface area contributed by atoms with E-state index >= 15 is 0 Å². The average Bonchev–Trinajstić information content (AvgIpc) is 2.17. The van der Waals surface area contributed by atoms with Crippen molar-refractivity contribution in [3.63, 3.8) is 0 Å². The number of ether oxygens (including phenoxy) is 1. The second-order valence-electron chi connectivity index (χ2n) is 3.41. The standard InChI is InChI=1S/C11H15FN2O2/c1-8(7-13-2)16-11(15)14-10-5-3-4-9(12)6-10/h3-6,8,13H,7H2,1-2H3,(H,14,15). The quantitative estimate of drug-likeness (QED) is 0.825. The molecule has 0 heterocycles. The van der Waals surface area contributed by atoms with E-state index in [9.17, 15) is 9.18 Å². The molecule has 5 heteroatoms. The van der Waals surface area contributed by atoms with E-state index < -0.39 is 11.9 Å². The molecule has 1 unspecified atom stereocenters. The van der Waals surface area contributed by atoms with Gasteiger partial charge in [0.15, 0.2) is 0 Å². The summed E-state index contributed by atoms with van der Waals surface area (Å²) < 4.78 is 17.8. The first kappa shape index (κ1) is 12.4. The van der Waals surface area contributed by atoms with E-state index in [4.69, 9.17) is 4.74 Å². The van der Waals surface area contributed by atoms with E-state index in [-0.39, 0.29) is 6.10 Å². The lowest BCUT2D eigenvalue weighted by atomic mass is 10.3. The smallest absolute Gasteiger partial charge is 0.411 e. The van der Waals surface area contributed by atoms with E-state index in [1.165, 1.54) is 18.2 Å². The maximum absolute atomic E-state index is 12.8. The maximum atomic E-state index is 12.8. The zero-order valence-corrected chi connectivity index (χ0v) is 9.29. The first-order chi connectivity index (χ1) is 7.61. The number of amides is 1. The summed E-state index contributed by atoms with van der Waals surface area (Å²) in [6, 6.07) is 5.64. The Morgan fingerprint density at radius 3 is 2.94 bits per heavy atom. The van der Waals surface area contributed by atoms with Crippen LogP contribution in [0.1, 0.15) is 6.92 Å². The predicted molar refractivity (Wildman–Crippen MR) is 59.9 cm³/mol. The van der Waals surface area contributed by atoms with Gasteiger partial charge >= 0.3 is 6.09 Å². The second-order valence-corrected chi connectivity index (χ2v) is 3.41. The van der Waals surface area contributed by atoms with Crippen LogP contribution in [0.25, 0.3) is 0 Å². The Labute approximate surface area is 93.8 Å². The Morgan fingerprint density at radius 1 is 1.56 bits per heavy atom. The molecule has 1 aromatic carbocycles. The molecular formula is C11H15FN2O2. The van der Waals surface area contributed by atoms with Crippen molar-refractivity contribution < 1.29 is 13.9 Å². The summed E-state index contributed by atoms with van der Waals surface area (Å²) in [5, 5.41) is 5.32. The van der Waals surface area contributed by atoms with Crippen LogP contribution in [0.2, 0.25) is 0 Å². The summed E-state index contributed by atoms with van der Waals surface area (Å²) in [5.41, 5.74) is 0.377. The lowest BCUT2D eigenvalue weighted by Crippen LogP contribution is -2.28. The second kappa shape index (κ2) is 6.07. The maximum Gasteiger partial charge on any atom is 0.411 e. The highest BCUT2D eigenvalue weighted by Gasteiger charge is 2.08. The molecule has 1 rings (SSSR count). The molecule has 0 saturated heterocycles. The number of benzene rings is 1. The van der Waals surface area contributed by atoms with Gasteiger partial charge in [0.05, 0.1) is 0 Å². The number of nitrogens with one attached hydrogen (secondary N) is 2. The number of halogens is 1. The third kappa shape index (κ3) is 4.27. The van der Waals surface area contributed by atoms with Crippen molar-refractivity contribution in [2.75, 3.05) is 18.9 Å². The van der Waals surface area contributed by atoms with Crippen molar-refractivity contribution >= 4 is 11.8 Å². The molecule has 0 saturated carbocycles. The fourth-order valence-corrected chi connectivity index (χ4v) is 1.23. The van der Waals surface area contributed by atoms with Crippen molar-refractivity contribution in [2.24, 2.45) is 0 Å². The van der Waals surface area contributed by atoms with Crippen molar-refractivity contribution in [3.05, 3.63) is 30.1 Å². The van der Waals surface area contributed by atoms with Crippen LogP contribution in [0.4, 0.5) is 14.9 Å². The van der Waals surface area contributed by atoms with Gasteiger partial charge in [-0.3, -0.25) is 5.32 Å². The highest BCUT2D eigenvalue weighted by atomic mass is 19.1. The van der Waals surface area contributed by atoms with Gasteiger partial charge in [-0.25, -0.2) is 9.18 Å². The summed E-state index contributed by atoms with van der Waals surface area (Å²) in [7, 11) is 1.77. The molecule has 0 aromatic heterocycles. The van der Waals surface area contributed by atoms with Crippen LogP contribution in [-0.2, 0) is 4.74 Å². The van der Waals surface area contributed by atoms with Gasteiger partial charge in [-0.2, -0.15) is 0 Å².